The first-order valence-corrected chi connectivity index (χ1v) is 8.52. The van der Waals surface area contributed by atoms with Crippen molar-refractivity contribution in [3.63, 3.8) is 0 Å². The largest absolute Gasteiger partial charge is 0.349 e. The molecule has 0 spiro atoms. The molecule has 130 valence electrons. The molecule has 1 heterocycles. The quantitative estimate of drug-likeness (QED) is 0.901. The van der Waals surface area contributed by atoms with Crippen molar-refractivity contribution < 1.29 is 14.4 Å². The number of ketones is 1. The number of hydrogen-bond acceptors (Lipinski definition) is 3. The number of benzene rings is 1. The monoisotopic (exact) mass is 330 g/mol. The molecule has 5 nitrogen and oxygen atoms in total. The summed E-state index contributed by atoms with van der Waals surface area (Å²) in [5.74, 6) is 0.0162. The van der Waals surface area contributed by atoms with Gasteiger partial charge in [0.15, 0.2) is 0 Å². The highest BCUT2D eigenvalue weighted by molar-refractivity contribution is 5.94. The van der Waals surface area contributed by atoms with Gasteiger partial charge in [0.25, 0.3) is 5.91 Å². The zero-order valence-electron chi connectivity index (χ0n) is 14.7. The number of nitrogens with one attached hydrogen (secondary N) is 1. The molecule has 2 amide bonds. The van der Waals surface area contributed by atoms with Crippen molar-refractivity contribution in [2.75, 3.05) is 13.1 Å². The molecular weight excluding hydrogens is 304 g/mol. The summed E-state index contributed by atoms with van der Waals surface area (Å²) in [6.45, 7) is 6.79. The lowest BCUT2D eigenvalue weighted by Crippen LogP contribution is -2.46. The van der Waals surface area contributed by atoms with Crippen LogP contribution >= 0.6 is 0 Å². The van der Waals surface area contributed by atoms with Gasteiger partial charge in [-0.05, 0) is 56.9 Å². The summed E-state index contributed by atoms with van der Waals surface area (Å²) < 4.78 is 0. The second-order valence-corrected chi connectivity index (χ2v) is 6.63. The third-order valence-electron chi connectivity index (χ3n) is 4.64. The predicted octanol–water partition coefficient (Wildman–Crippen LogP) is 2.39. The number of nitrogens with zero attached hydrogens (tertiary/aromatic N) is 1. The number of Topliss-reactive ketones (excluding diaryl/α,β-unsaturated/α-hetero) is 1. The van der Waals surface area contributed by atoms with E-state index in [1.54, 1.807) is 4.90 Å². The Morgan fingerprint density at radius 3 is 2.33 bits per heavy atom. The number of rotatable bonds is 5. The second-order valence-electron chi connectivity index (χ2n) is 6.63. The van der Waals surface area contributed by atoms with Crippen LogP contribution in [0.3, 0.4) is 0 Å². The fourth-order valence-electron chi connectivity index (χ4n) is 2.87. The molecule has 0 aliphatic carbocycles. The van der Waals surface area contributed by atoms with Gasteiger partial charge in [0.05, 0.1) is 0 Å². The Bertz CT molecular complexity index is 631. The minimum absolute atomic E-state index is 0.0316. The minimum atomic E-state index is -0.0561. The zero-order chi connectivity index (χ0) is 17.7. The smallest absolute Gasteiger partial charge is 0.251 e. The van der Waals surface area contributed by atoms with Crippen LogP contribution in [0, 0.1) is 13.8 Å². The van der Waals surface area contributed by atoms with Crippen LogP contribution in [0.4, 0.5) is 0 Å². The number of carbonyl (C=O) groups is 3. The Hall–Kier alpha value is -2.17. The number of aryl methyl sites for hydroxylation is 2. The van der Waals surface area contributed by atoms with Gasteiger partial charge in [-0.25, -0.2) is 0 Å². The summed E-state index contributed by atoms with van der Waals surface area (Å²) >= 11 is 0. The maximum atomic E-state index is 12.3. The van der Waals surface area contributed by atoms with Crippen LogP contribution in [0.2, 0.25) is 0 Å². The van der Waals surface area contributed by atoms with E-state index in [0.29, 0.717) is 25.1 Å². The highest BCUT2D eigenvalue weighted by Gasteiger charge is 2.24. The van der Waals surface area contributed by atoms with Crippen molar-refractivity contribution in [1.29, 1.82) is 0 Å². The van der Waals surface area contributed by atoms with Gasteiger partial charge in [-0.1, -0.05) is 6.07 Å². The van der Waals surface area contributed by atoms with Crippen molar-refractivity contribution in [3.8, 4) is 0 Å². The van der Waals surface area contributed by atoms with E-state index < -0.39 is 0 Å². The van der Waals surface area contributed by atoms with Crippen LogP contribution in [0.25, 0.3) is 0 Å². The molecule has 0 radical (unpaired) electrons. The standard InChI is InChI=1S/C19H26N2O3/c1-13-4-6-16(12-14(13)2)19(24)20-17-8-10-21(11-9-17)18(23)7-5-15(3)22/h4,6,12,17H,5,7-11H2,1-3H3,(H,20,24). The first kappa shape index (κ1) is 18.2. The summed E-state index contributed by atoms with van der Waals surface area (Å²) in [4.78, 5) is 37.1. The highest BCUT2D eigenvalue weighted by Crippen LogP contribution is 2.14. The van der Waals surface area contributed by atoms with Crippen molar-refractivity contribution in [2.24, 2.45) is 0 Å². The predicted molar refractivity (Wildman–Crippen MR) is 92.9 cm³/mol. The fourth-order valence-corrected chi connectivity index (χ4v) is 2.87. The van der Waals surface area contributed by atoms with Crippen LogP contribution in [-0.2, 0) is 9.59 Å². The Morgan fingerprint density at radius 2 is 1.75 bits per heavy atom. The first-order valence-electron chi connectivity index (χ1n) is 8.52. The lowest BCUT2D eigenvalue weighted by Gasteiger charge is -2.32. The van der Waals surface area contributed by atoms with Crippen LogP contribution in [0.5, 0.6) is 0 Å². The third kappa shape index (κ3) is 4.91. The Kier molecular flexibility index (Phi) is 6.12. The summed E-state index contributed by atoms with van der Waals surface area (Å²) in [6.07, 6.45) is 2.10. The highest BCUT2D eigenvalue weighted by atomic mass is 16.2. The van der Waals surface area contributed by atoms with E-state index in [2.05, 4.69) is 5.32 Å². The van der Waals surface area contributed by atoms with Crippen molar-refractivity contribution in [1.82, 2.24) is 10.2 Å². The maximum absolute atomic E-state index is 12.3. The minimum Gasteiger partial charge on any atom is -0.349 e. The molecule has 1 saturated heterocycles. The molecule has 0 aromatic heterocycles. The molecule has 0 bridgehead atoms. The number of likely N-dealkylation sites (tertiary alicyclic amines) is 1. The van der Waals surface area contributed by atoms with Gasteiger partial charge >= 0.3 is 0 Å². The van der Waals surface area contributed by atoms with E-state index in [9.17, 15) is 14.4 Å². The summed E-state index contributed by atoms with van der Waals surface area (Å²) in [7, 11) is 0. The zero-order valence-corrected chi connectivity index (χ0v) is 14.7. The molecule has 0 atom stereocenters. The van der Waals surface area contributed by atoms with Crippen LogP contribution in [0.15, 0.2) is 18.2 Å². The number of amides is 2. The molecular formula is C19H26N2O3. The van der Waals surface area contributed by atoms with Gasteiger partial charge in [-0.3, -0.25) is 9.59 Å². The lowest BCUT2D eigenvalue weighted by atomic mass is 10.0. The normalized spacial score (nSPS) is 15.2. The summed E-state index contributed by atoms with van der Waals surface area (Å²) in [5.41, 5.74) is 2.95. The SMILES string of the molecule is CC(=O)CCC(=O)N1CCC(NC(=O)c2ccc(C)c(C)c2)CC1. The average molecular weight is 330 g/mol. The lowest BCUT2D eigenvalue weighted by molar-refractivity contribution is -0.133. The Balaban J connectivity index is 1.82. The molecule has 0 unspecified atom stereocenters. The number of hydrogen-bond donors (Lipinski definition) is 1. The molecule has 1 N–H and O–H groups in total. The molecule has 2 rings (SSSR count). The fraction of sp³-hybridized carbons (Fsp3) is 0.526. The van der Waals surface area contributed by atoms with Gasteiger partial charge in [-0.2, -0.15) is 0 Å². The van der Waals surface area contributed by atoms with Gasteiger partial charge in [-0.15, -0.1) is 0 Å². The van der Waals surface area contributed by atoms with E-state index in [0.717, 1.165) is 18.4 Å². The topological polar surface area (TPSA) is 66.5 Å². The molecule has 1 fully saturated rings. The van der Waals surface area contributed by atoms with Gasteiger partial charge in [0.1, 0.15) is 5.78 Å². The van der Waals surface area contributed by atoms with E-state index in [-0.39, 0.29) is 30.1 Å². The van der Waals surface area contributed by atoms with Crippen molar-refractivity contribution in [2.45, 2.75) is 52.5 Å². The maximum Gasteiger partial charge on any atom is 0.251 e. The van der Waals surface area contributed by atoms with Crippen molar-refractivity contribution in [3.05, 3.63) is 34.9 Å². The van der Waals surface area contributed by atoms with Crippen LogP contribution in [0.1, 0.15) is 54.1 Å². The van der Waals surface area contributed by atoms with E-state index in [4.69, 9.17) is 0 Å². The second kappa shape index (κ2) is 8.08. The Morgan fingerprint density at radius 1 is 1.08 bits per heavy atom. The molecule has 0 saturated carbocycles. The van der Waals surface area contributed by atoms with E-state index in [1.807, 2.05) is 32.0 Å². The molecule has 1 aliphatic heterocycles. The number of piperidine rings is 1. The molecule has 1 aromatic rings. The van der Waals surface area contributed by atoms with Crippen LogP contribution in [-0.4, -0.2) is 41.6 Å². The first-order chi connectivity index (χ1) is 11.4. The molecule has 1 aliphatic rings. The van der Waals surface area contributed by atoms with Gasteiger partial charge in [0, 0.05) is 37.5 Å². The average Bonchev–Trinajstić information content (AvgIpc) is 2.55. The number of carbonyl (C=O) groups excluding carboxylic acids is 3. The summed E-state index contributed by atoms with van der Waals surface area (Å²) in [5, 5.41) is 3.06. The Labute approximate surface area is 143 Å². The van der Waals surface area contributed by atoms with E-state index >= 15 is 0 Å². The molecule has 1 aromatic carbocycles. The van der Waals surface area contributed by atoms with E-state index in [1.165, 1.54) is 12.5 Å². The van der Waals surface area contributed by atoms with Gasteiger partial charge < -0.3 is 15.0 Å². The molecule has 5 heteroatoms. The molecule has 24 heavy (non-hydrogen) atoms. The van der Waals surface area contributed by atoms with Crippen molar-refractivity contribution >= 4 is 17.6 Å². The van der Waals surface area contributed by atoms with Crippen LogP contribution < -0.4 is 5.32 Å². The summed E-state index contributed by atoms with van der Waals surface area (Å²) in [6, 6.07) is 5.81. The van der Waals surface area contributed by atoms with Gasteiger partial charge in [0.2, 0.25) is 5.91 Å². The third-order valence-corrected chi connectivity index (χ3v) is 4.64.